The van der Waals surface area contributed by atoms with Crippen LogP contribution in [0.15, 0.2) is 35.5 Å². The fourth-order valence-corrected chi connectivity index (χ4v) is 14.4. The molecule has 0 amide bonds. The number of allylic oxidation sites excluding steroid dienone is 5. The number of fused-ring (bicyclic) bond motifs is 10. The van der Waals surface area contributed by atoms with Crippen LogP contribution in [-0.4, -0.2) is 102 Å². The number of carbonyl (C=O) groups is 4. The SMILES string of the molecule is C[C@@H]1C[C@H]2[C@@H]3CCC4=CC(=O)C=C[C@]4(C)[C@@]3(F)[C@@H](O)C[C@]2(C)[C@@]1(O)C(=O)CO.C[C@]12CCC(=O)C=C1CC[C@H]1[C@@H]3CC[C@](O)(C(=O)CO)[C@@]3(C)C[C@H](O)[C@@]12F. The minimum Gasteiger partial charge on any atom is -0.390 e. The second-order valence-corrected chi connectivity index (χ2v) is 19.4. The quantitative estimate of drug-likeness (QED) is 0.246. The van der Waals surface area contributed by atoms with E-state index in [1.807, 2.05) is 6.92 Å². The molecule has 55 heavy (non-hydrogen) atoms. The predicted octanol–water partition coefficient (Wildman–Crippen LogP) is 3.77. The lowest BCUT2D eigenvalue weighted by Crippen LogP contribution is -2.69. The van der Waals surface area contributed by atoms with E-state index in [-0.39, 0.29) is 49.1 Å². The van der Waals surface area contributed by atoms with Gasteiger partial charge in [-0.3, -0.25) is 19.2 Å². The monoisotopic (exact) mass is 772 g/mol. The number of aliphatic hydroxyl groups is 6. The molecule has 0 aromatic heterocycles. The number of hydrogen-bond acceptors (Lipinski definition) is 10. The van der Waals surface area contributed by atoms with Crippen LogP contribution in [0.2, 0.25) is 0 Å². The Bertz CT molecular complexity index is 1790. The summed E-state index contributed by atoms with van der Waals surface area (Å²) in [6.07, 6.45) is 7.09. The van der Waals surface area contributed by atoms with E-state index in [9.17, 15) is 49.8 Å². The Kier molecular flexibility index (Phi) is 9.44. The smallest absolute Gasteiger partial charge is 0.190 e. The van der Waals surface area contributed by atoms with Crippen molar-refractivity contribution in [3.8, 4) is 0 Å². The van der Waals surface area contributed by atoms with Crippen molar-refractivity contribution in [1.29, 1.82) is 0 Å². The average Bonchev–Trinajstić information content (AvgIpc) is 3.52. The molecule has 304 valence electrons. The van der Waals surface area contributed by atoms with E-state index < -0.39 is 98.9 Å². The predicted molar refractivity (Wildman–Crippen MR) is 195 cm³/mol. The first-order valence-corrected chi connectivity index (χ1v) is 20.2. The molecule has 6 N–H and O–H groups in total. The Hall–Kier alpha value is -2.48. The topological polar surface area (TPSA) is 190 Å². The number of hydrogen-bond donors (Lipinski definition) is 6. The van der Waals surface area contributed by atoms with Gasteiger partial charge in [-0.1, -0.05) is 44.9 Å². The molecule has 0 heterocycles. The minimum atomic E-state index is -1.98. The first kappa shape index (κ1) is 40.7. The molecule has 15 atom stereocenters. The van der Waals surface area contributed by atoms with Gasteiger partial charge in [0.2, 0.25) is 0 Å². The van der Waals surface area contributed by atoms with Gasteiger partial charge in [0.05, 0.1) is 12.2 Å². The molecule has 6 saturated carbocycles. The van der Waals surface area contributed by atoms with Crippen LogP contribution in [0, 0.1) is 51.2 Å². The van der Waals surface area contributed by atoms with Crippen molar-refractivity contribution in [2.24, 2.45) is 51.2 Å². The third-order valence-corrected chi connectivity index (χ3v) is 17.6. The summed E-state index contributed by atoms with van der Waals surface area (Å²) in [5, 5.41) is 63.5. The maximum absolute atomic E-state index is 16.9. The number of Topliss-reactive ketones (excluding diaryl/α,β-unsaturated/α-hetero) is 2. The Balaban J connectivity index is 0.000000169. The summed E-state index contributed by atoms with van der Waals surface area (Å²) in [5.41, 5.74) is -9.85. The molecule has 12 heteroatoms. The summed E-state index contributed by atoms with van der Waals surface area (Å²) in [4.78, 5) is 48.6. The van der Waals surface area contributed by atoms with Crippen molar-refractivity contribution in [2.75, 3.05) is 13.2 Å². The Labute approximate surface area is 321 Å². The van der Waals surface area contributed by atoms with Crippen LogP contribution in [0.1, 0.15) is 105 Å². The van der Waals surface area contributed by atoms with E-state index in [1.165, 1.54) is 12.2 Å². The van der Waals surface area contributed by atoms with Crippen LogP contribution in [0.3, 0.4) is 0 Å². The molecule has 0 radical (unpaired) electrons. The molecule has 0 aromatic rings. The van der Waals surface area contributed by atoms with Crippen molar-refractivity contribution in [3.63, 3.8) is 0 Å². The molecule has 0 aromatic carbocycles. The van der Waals surface area contributed by atoms with E-state index >= 15 is 8.78 Å². The zero-order chi connectivity index (χ0) is 40.5. The maximum Gasteiger partial charge on any atom is 0.190 e. The third-order valence-electron chi connectivity index (χ3n) is 17.6. The highest BCUT2D eigenvalue weighted by molar-refractivity contribution is 6.01. The Morgan fingerprint density at radius 1 is 0.745 bits per heavy atom. The van der Waals surface area contributed by atoms with E-state index in [4.69, 9.17) is 0 Å². The highest BCUT2D eigenvalue weighted by Crippen LogP contribution is 2.72. The lowest BCUT2D eigenvalue weighted by atomic mass is 9.44. The molecule has 0 spiro atoms. The lowest BCUT2D eigenvalue weighted by molar-refractivity contribution is -0.226. The van der Waals surface area contributed by atoms with Crippen LogP contribution in [0.5, 0.6) is 0 Å². The van der Waals surface area contributed by atoms with Gasteiger partial charge in [0.25, 0.3) is 0 Å². The summed E-state index contributed by atoms with van der Waals surface area (Å²) in [5.74, 6) is -3.48. The van der Waals surface area contributed by atoms with Crippen LogP contribution < -0.4 is 0 Å². The molecular formula is C43H58F2O10. The standard InChI is InChI=1S/C22H29FO5.C21H29FO5/c1-12-8-16-15-5-4-13-9-14(25)6-7-19(13,2)21(15,23)17(26)10-20(16,3)22(12,28)18(27)11-24;1-18-7-5-13(24)9-12(18)3-4-15-14-6-8-20(27,17(26)11-23)19(14,2)10-16(25)21(15,18)22/h6-7,9,12,15-17,24,26,28H,4-5,8,10-11H2,1-3H3;9,14-16,23,25,27H,3-8,10-11H2,1-2H3/t12-,15+,16+,17+,19+,20+,21+,22+;14-,15-,16-,18-,19-,20-,21-/m10/s1. The number of halogens is 2. The van der Waals surface area contributed by atoms with E-state index in [0.29, 0.717) is 50.5 Å². The zero-order valence-corrected chi connectivity index (χ0v) is 32.6. The van der Waals surface area contributed by atoms with E-state index in [2.05, 4.69) is 0 Å². The van der Waals surface area contributed by atoms with Gasteiger partial charge in [-0.15, -0.1) is 0 Å². The minimum absolute atomic E-state index is 0.0171. The molecular weight excluding hydrogens is 714 g/mol. The van der Waals surface area contributed by atoms with Crippen molar-refractivity contribution < 1.29 is 58.6 Å². The lowest BCUT2D eigenvalue weighted by Gasteiger charge is -2.63. The zero-order valence-electron chi connectivity index (χ0n) is 32.6. The molecule has 8 rings (SSSR count). The number of rotatable bonds is 4. The number of carbonyl (C=O) groups excluding carboxylic acids is 4. The van der Waals surface area contributed by atoms with E-state index in [1.54, 1.807) is 39.8 Å². The van der Waals surface area contributed by atoms with Gasteiger partial charge in [-0.2, -0.15) is 0 Å². The molecule has 0 bridgehead atoms. The summed E-state index contributed by atoms with van der Waals surface area (Å²) >= 11 is 0. The molecule has 0 aliphatic heterocycles. The molecule has 0 unspecified atom stereocenters. The van der Waals surface area contributed by atoms with Crippen molar-refractivity contribution in [2.45, 2.75) is 140 Å². The van der Waals surface area contributed by atoms with Crippen molar-refractivity contribution in [3.05, 3.63) is 35.5 Å². The van der Waals surface area contributed by atoms with Gasteiger partial charge in [-0.05, 0) is 107 Å². The summed E-state index contributed by atoms with van der Waals surface area (Å²) in [7, 11) is 0. The molecule has 8 aliphatic carbocycles. The van der Waals surface area contributed by atoms with Gasteiger partial charge in [0, 0.05) is 39.9 Å². The van der Waals surface area contributed by atoms with Gasteiger partial charge in [0.15, 0.2) is 28.8 Å². The van der Waals surface area contributed by atoms with Crippen molar-refractivity contribution >= 4 is 23.1 Å². The van der Waals surface area contributed by atoms with Crippen LogP contribution in [-0.2, 0) is 19.2 Å². The normalized spacial score (nSPS) is 52.2. The number of alkyl halides is 2. The summed E-state index contributed by atoms with van der Waals surface area (Å²) in [6, 6.07) is 0. The number of ketones is 4. The highest BCUT2D eigenvalue weighted by Gasteiger charge is 2.76. The van der Waals surface area contributed by atoms with Crippen molar-refractivity contribution in [1.82, 2.24) is 0 Å². The third kappa shape index (κ3) is 4.84. The molecule has 8 aliphatic rings. The molecule has 0 saturated heterocycles. The molecule has 10 nitrogen and oxygen atoms in total. The first-order chi connectivity index (χ1) is 25.5. The molecule has 6 fully saturated rings. The van der Waals surface area contributed by atoms with Crippen LogP contribution >= 0.6 is 0 Å². The fourth-order valence-electron chi connectivity index (χ4n) is 14.4. The number of aliphatic hydroxyl groups excluding tert-OH is 4. The second-order valence-electron chi connectivity index (χ2n) is 19.4. The highest BCUT2D eigenvalue weighted by atomic mass is 19.1. The van der Waals surface area contributed by atoms with Crippen LogP contribution in [0.4, 0.5) is 8.78 Å². The first-order valence-electron chi connectivity index (χ1n) is 20.2. The Morgan fingerprint density at radius 2 is 1.33 bits per heavy atom. The Morgan fingerprint density at radius 3 is 1.96 bits per heavy atom. The fraction of sp³-hybridized carbons (Fsp3) is 0.767. The van der Waals surface area contributed by atoms with E-state index in [0.717, 1.165) is 5.57 Å². The maximum atomic E-state index is 16.9. The van der Waals surface area contributed by atoms with Crippen LogP contribution in [0.25, 0.3) is 0 Å². The average molecular weight is 773 g/mol. The van der Waals surface area contributed by atoms with Gasteiger partial charge in [0.1, 0.15) is 30.1 Å². The largest absolute Gasteiger partial charge is 0.390 e. The second kappa shape index (κ2) is 12.8. The van der Waals surface area contributed by atoms with Gasteiger partial charge >= 0.3 is 0 Å². The summed E-state index contributed by atoms with van der Waals surface area (Å²) < 4.78 is 33.6. The van der Waals surface area contributed by atoms with Gasteiger partial charge in [-0.25, -0.2) is 8.78 Å². The van der Waals surface area contributed by atoms with Gasteiger partial charge < -0.3 is 30.6 Å². The summed E-state index contributed by atoms with van der Waals surface area (Å²) in [6.45, 7) is 7.31.